The molecule has 0 aromatic carbocycles. The van der Waals surface area contributed by atoms with Crippen LogP contribution in [-0.2, 0) is 4.79 Å². The minimum Gasteiger partial charge on any atom is -0.356 e. The van der Waals surface area contributed by atoms with Crippen LogP contribution in [0.1, 0.15) is 65.7 Å². The van der Waals surface area contributed by atoms with Gasteiger partial charge in [0.25, 0.3) is 0 Å². The van der Waals surface area contributed by atoms with E-state index in [4.69, 9.17) is 0 Å². The first-order valence-electron chi connectivity index (χ1n) is 8.11. The second-order valence-electron chi connectivity index (χ2n) is 6.31. The number of hydrogen-bond donors (Lipinski definition) is 2. The quantitative estimate of drug-likeness (QED) is 0.664. The summed E-state index contributed by atoms with van der Waals surface area (Å²) in [6.07, 6.45) is 8.23. The molecule has 0 heterocycles. The largest absolute Gasteiger partial charge is 0.356 e. The molecule has 2 N–H and O–H groups in total. The zero-order valence-corrected chi connectivity index (χ0v) is 13.0. The highest BCUT2D eigenvalue weighted by Gasteiger charge is 2.20. The summed E-state index contributed by atoms with van der Waals surface area (Å²) in [6.45, 7) is 8.39. The van der Waals surface area contributed by atoms with Crippen LogP contribution in [0.25, 0.3) is 0 Å². The number of rotatable bonds is 8. The predicted molar refractivity (Wildman–Crippen MR) is 81.1 cm³/mol. The zero-order valence-electron chi connectivity index (χ0n) is 13.0. The van der Waals surface area contributed by atoms with Crippen molar-refractivity contribution in [3.63, 3.8) is 0 Å². The number of carbonyl (C=O) groups is 1. The van der Waals surface area contributed by atoms with Crippen molar-refractivity contribution in [3.05, 3.63) is 0 Å². The van der Waals surface area contributed by atoms with E-state index < -0.39 is 0 Å². The van der Waals surface area contributed by atoms with Gasteiger partial charge in [0.15, 0.2) is 0 Å². The van der Waals surface area contributed by atoms with E-state index in [0.29, 0.717) is 12.5 Å². The molecule has 1 amide bonds. The SMILES string of the molecule is CCC1CCC(CNC(=O)CCCNC(C)C)CC1. The third-order valence-electron chi connectivity index (χ3n) is 4.26. The third kappa shape index (κ3) is 7.56. The summed E-state index contributed by atoms with van der Waals surface area (Å²) in [6, 6.07) is 0.511. The Morgan fingerprint density at radius 1 is 1.16 bits per heavy atom. The topological polar surface area (TPSA) is 41.1 Å². The van der Waals surface area contributed by atoms with Gasteiger partial charge in [0, 0.05) is 19.0 Å². The Kier molecular flexibility index (Phi) is 8.11. The molecular weight excluding hydrogens is 236 g/mol. The Morgan fingerprint density at radius 3 is 2.37 bits per heavy atom. The summed E-state index contributed by atoms with van der Waals surface area (Å²) in [5, 5.41) is 6.44. The zero-order chi connectivity index (χ0) is 14.1. The summed E-state index contributed by atoms with van der Waals surface area (Å²) in [4.78, 5) is 11.7. The fraction of sp³-hybridized carbons (Fsp3) is 0.938. The maximum Gasteiger partial charge on any atom is 0.220 e. The van der Waals surface area contributed by atoms with Gasteiger partial charge in [-0.2, -0.15) is 0 Å². The van der Waals surface area contributed by atoms with Crippen LogP contribution in [0.5, 0.6) is 0 Å². The van der Waals surface area contributed by atoms with Crippen LogP contribution in [-0.4, -0.2) is 25.0 Å². The predicted octanol–water partition coefficient (Wildman–Crippen LogP) is 3.10. The van der Waals surface area contributed by atoms with Crippen LogP contribution in [0.15, 0.2) is 0 Å². The van der Waals surface area contributed by atoms with Gasteiger partial charge in [-0.05, 0) is 37.6 Å². The smallest absolute Gasteiger partial charge is 0.220 e. The first kappa shape index (κ1) is 16.5. The Bertz CT molecular complexity index is 245. The first-order valence-corrected chi connectivity index (χ1v) is 8.11. The molecule has 1 rings (SSSR count). The molecule has 1 fully saturated rings. The van der Waals surface area contributed by atoms with Crippen molar-refractivity contribution < 1.29 is 4.79 Å². The van der Waals surface area contributed by atoms with Crippen LogP contribution in [0.2, 0.25) is 0 Å². The molecular formula is C16H32N2O. The van der Waals surface area contributed by atoms with Crippen LogP contribution in [0.4, 0.5) is 0 Å². The average Bonchev–Trinajstić information content (AvgIpc) is 2.41. The fourth-order valence-corrected chi connectivity index (χ4v) is 2.83. The molecule has 0 aromatic rings. The van der Waals surface area contributed by atoms with Gasteiger partial charge in [0.1, 0.15) is 0 Å². The van der Waals surface area contributed by atoms with Crippen LogP contribution >= 0.6 is 0 Å². The molecule has 0 atom stereocenters. The molecule has 0 bridgehead atoms. The summed E-state index contributed by atoms with van der Waals surface area (Å²) < 4.78 is 0. The summed E-state index contributed by atoms with van der Waals surface area (Å²) in [7, 11) is 0. The molecule has 0 aliphatic heterocycles. The van der Waals surface area contributed by atoms with Crippen molar-refractivity contribution in [1.29, 1.82) is 0 Å². The Morgan fingerprint density at radius 2 is 1.79 bits per heavy atom. The molecule has 0 saturated heterocycles. The van der Waals surface area contributed by atoms with Gasteiger partial charge in [-0.25, -0.2) is 0 Å². The van der Waals surface area contributed by atoms with E-state index in [1.54, 1.807) is 0 Å². The van der Waals surface area contributed by atoms with Crippen molar-refractivity contribution in [3.8, 4) is 0 Å². The molecule has 112 valence electrons. The van der Waals surface area contributed by atoms with Crippen LogP contribution < -0.4 is 10.6 Å². The number of hydrogen-bond acceptors (Lipinski definition) is 2. The van der Waals surface area contributed by atoms with Crippen molar-refractivity contribution in [1.82, 2.24) is 10.6 Å². The Labute approximate surface area is 118 Å². The lowest BCUT2D eigenvalue weighted by Gasteiger charge is -2.27. The van der Waals surface area contributed by atoms with Crippen LogP contribution in [0, 0.1) is 11.8 Å². The molecule has 19 heavy (non-hydrogen) atoms. The van der Waals surface area contributed by atoms with E-state index in [1.807, 2.05) is 0 Å². The normalized spacial score (nSPS) is 23.6. The van der Waals surface area contributed by atoms with E-state index in [0.717, 1.165) is 31.3 Å². The van der Waals surface area contributed by atoms with E-state index in [-0.39, 0.29) is 5.91 Å². The van der Waals surface area contributed by atoms with E-state index >= 15 is 0 Å². The minimum atomic E-state index is 0.225. The molecule has 0 unspecified atom stereocenters. The van der Waals surface area contributed by atoms with Crippen molar-refractivity contribution in [2.45, 2.75) is 71.8 Å². The van der Waals surface area contributed by atoms with Gasteiger partial charge in [-0.3, -0.25) is 4.79 Å². The molecule has 3 nitrogen and oxygen atoms in total. The first-order chi connectivity index (χ1) is 9.11. The summed E-state index contributed by atoms with van der Waals surface area (Å²) in [5.74, 6) is 1.89. The maximum atomic E-state index is 11.7. The van der Waals surface area contributed by atoms with Crippen molar-refractivity contribution in [2.24, 2.45) is 11.8 Å². The second-order valence-corrected chi connectivity index (χ2v) is 6.31. The van der Waals surface area contributed by atoms with Crippen molar-refractivity contribution >= 4 is 5.91 Å². The lowest BCUT2D eigenvalue weighted by atomic mass is 9.81. The lowest BCUT2D eigenvalue weighted by Crippen LogP contribution is -2.32. The fourth-order valence-electron chi connectivity index (χ4n) is 2.83. The number of carbonyl (C=O) groups excluding carboxylic acids is 1. The molecule has 1 aliphatic carbocycles. The van der Waals surface area contributed by atoms with E-state index in [1.165, 1.54) is 32.1 Å². The summed E-state index contributed by atoms with van der Waals surface area (Å²) in [5.41, 5.74) is 0. The van der Waals surface area contributed by atoms with Gasteiger partial charge >= 0.3 is 0 Å². The van der Waals surface area contributed by atoms with Gasteiger partial charge in [0.05, 0.1) is 0 Å². The number of amides is 1. The van der Waals surface area contributed by atoms with Crippen LogP contribution in [0.3, 0.4) is 0 Å². The highest BCUT2D eigenvalue weighted by molar-refractivity contribution is 5.75. The lowest BCUT2D eigenvalue weighted by molar-refractivity contribution is -0.121. The molecule has 0 radical (unpaired) electrons. The monoisotopic (exact) mass is 268 g/mol. The van der Waals surface area contributed by atoms with Gasteiger partial charge < -0.3 is 10.6 Å². The molecule has 0 spiro atoms. The third-order valence-corrected chi connectivity index (χ3v) is 4.26. The molecule has 1 saturated carbocycles. The highest BCUT2D eigenvalue weighted by Crippen LogP contribution is 2.30. The maximum absolute atomic E-state index is 11.7. The molecule has 1 aliphatic rings. The van der Waals surface area contributed by atoms with E-state index in [2.05, 4.69) is 31.4 Å². The second kappa shape index (κ2) is 9.35. The standard InChI is InChI=1S/C16H32N2O/c1-4-14-7-9-15(10-8-14)12-18-16(19)6-5-11-17-13(2)3/h13-15,17H,4-12H2,1-3H3,(H,18,19). The van der Waals surface area contributed by atoms with Gasteiger partial charge in [-0.15, -0.1) is 0 Å². The average molecular weight is 268 g/mol. The van der Waals surface area contributed by atoms with Gasteiger partial charge in [-0.1, -0.05) is 40.0 Å². The van der Waals surface area contributed by atoms with Crippen molar-refractivity contribution in [2.75, 3.05) is 13.1 Å². The summed E-state index contributed by atoms with van der Waals surface area (Å²) >= 11 is 0. The minimum absolute atomic E-state index is 0.225. The Balaban J connectivity index is 2.01. The van der Waals surface area contributed by atoms with E-state index in [9.17, 15) is 4.79 Å². The molecule has 3 heteroatoms. The number of nitrogens with one attached hydrogen (secondary N) is 2. The van der Waals surface area contributed by atoms with Gasteiger partial charge in [0.2, 0.25) is 5.91 Å². The highest BCUT2D eigenvalue weighted by atomic mass is 16.1. The Hall–Kier alpha value is -0.570. The molecule has 0 aromatic heterocycles.